The van der Waals surface area contributed by atoms with E-state index in [0.717, 1.165) is 0 Å². The van der Waals surface area contributed by atoms with Crippen LogP contribution in [0.25, 0.3) is 0 Å². The van der Waals surface area contributed by atoms with Gasteiger partial charge in [0.05, 0.1) is 0 Å². The summed E-state index contributed by atoms with van der Waals surface area (Å²) in [5, 5.41) is 0. The Morgan fingerprint density at radius 1 is 1.17 bits per heavy atom. The van der Waals surface area contributed by atoms with E-state index in [2.05, 4.69) is 26.2 Å². The van der Waals surface area contributed by atoms with Gasteiger partial charge in [-0.3, -0.25) is 0 Å². The molecule has 0 aliphatic heterocycles. The summed E-state index contributed by atoms with van der Waals surface area (Å²) in [5.74, 6) is 0. The van der Waals surface area contributed by atoms with Gasteiger partial charge >= 0.3 is 51.4 Å². The first-order chi connectivity index (χ1) is 2.00. The third kappa shape index (κ3) is 40.1. The molecule has 2 heteroatoms. The van der Waals surface area contributed by atoms with Crippen molar-refractivity contribution in [1.82, 2.24) is 0 Å². The minimum atomic E-state index is -0.861. The van der Waals surface area contributed by atoms with Crippen molar-refractivity contribution in [3.63, 3.8) is 0 Å². The Hall–Kier alpha value is 1.85. The van der Waals surface area contributed by atoms with Gasteiger partial charge in [-0.05, 0) is 0 Å². The van der Waals surface area contributed by atoms with Crippen LogP contribution in [0.3, 0.4) is 0 Å². The van der Waals surface area contributed by atoms with Gasteiger partial charge in [0.1, 0.15) is 0 Å². The molecular weight excluding hydrogens is 115 g/mol. The molecule has 0 heterocycles. The van der Waals surface area contributed by atoms with Crippen molar-refractivity contribution >= 4 is 8.07 Å². The molecule has 0 aliphatic carbocycles. The molecule has 6 heavy (non-hydrogen) atoms. The zero-order chi connectivity index (χ0) is 4.50. The summed E-state index contributed by atoms with van der Waals surface area (Å²) in [6.45, 7) is 10.6. The molecule has 0 aromatic carbocycles. The Balaban J connectivity index is 0. The maximum absolute atomic E-state index is 3.91. The molecule has 0 bridgehead atoms. The van der Waals surface area contributed by atoms with E-state index in [4.69, 9.17) is 0 Å². The van der Waals surface area contributed by atoms with E-state index in [9.17, 15) is 0 Å². The molecule has 0 aromatic rings. The van der Waals surface area contributed by atoms with Crippen molar-refractivity contribution in [2.45, 2.75) is 19.6 Å². The topological polar surface area (TPSA) is 0 Å². The first-order valence-corrected chi connectivity index (χ1v) is 5.56. The van der Waals surface area contributed by atoms with E-state index < -0.39 is 8.07 Å². The fourth-order valence-electron chi connectivity index (χ4n) is 0. The zero-order valence-corrected chi connectivity index (χ0v) is 9.33. The maximum atomic E-state index is 3.91. The Bertz CT molecular complexity index is 23.0. The quantitative estimate of drug-likeness (QED) is 0.280. The summed E-state index contributed by atoms with van der Waals surface area (Å²) in [6, 6.07) is 0. The molecule has 0 unspecified atom stereocenters. The standard InChI is InChI=1S/C4H11Si.K/c1-5(2,3)4;/h1H2,2-4H3;/q-1;+1. The maximum Gasteiger partial charge on any atom is 1.00 e. The van der Waals surface area contributed by atoms with Gasteiger partial charge in [-0.25, -0.2) is 0 Å². The van der Waals surface area contributed by atoms with E-state index in [1.165, 1.54) is 0 Å². The minimum Gasteiger partial charge on any atom is -0.342 e. The normalized spacial score (nSPS) is 10.0. The molecule has 0 rings (SSSR count). The Labute approximate surface area is 84.1 Å². The molecule has 0 amide bonds. The minimum absolute atomic E-state index is 0. The largest absolute Gasteiger partial charge is 1.00 e. The average Bonchev–Trinajstić information content (AvgIpc) is 0.722. The van der Waals surface area contributed by atoms with Crippen molar-refractivity contribution in [1.29, 1.82) is 0 Å². The molecule has 0 N–H and O–H groups in total. The van der Waals surface area contributed by atoms with Gasteiger partial charge in [-0.1, -0.05) is 19.6 Å². The molecule has 0 aromatic heterocycles. The third-order valence-corrected chi connectivity index (χ3v) is 0. The average molecular weight is 126 g/mol. The van der Waals surface area contributed by atoms with Gasteiger partial charge < -0.3 is 6.55 Å². The van der Waals surface area contributed by atoms with E-state index in [1.807, 2.05) is 0 Å². The first kappa shape index (κ1) is 10.8. The van der Waals surface area contributed by atoms with Gasteiger partial charge in [0.15, 0.2) is 0 Å². The van der Waals surface area contributed by atoms with Gasteiger partial charge in [-0.15, -0.1) is 8.07 Å². The second kappa shape index (κ2) is 3.81. The summed E-state index contributed by atoms with van der Waals surface area (Å²) in [4.78, 5) is 0. The molecular formula is C4H11KSi. The van der Waals surface area contributed by atoms with Crippen LogP contribution < -0.4 is 51.4 Å². The Morgan fingerprint density at radius 3 is 1.17 bits per heavy atom. The van der Waals surface area contributed by atoms with Crippen molar-refractivity contribution in [3.8, 4) is 0 Å². The van der Waals surface area contributed by atoms with Gasteiger partial charge in [0, 0.05) is 0 Å². The zero-order valence-electron chi connectivity index (χ0n) is 5.21. The number of hydrogen-bond acceptors (Lipinski definition) is 0. The van der Waals surface area contributed by atoms with Crippen LogP contribution in [0, 0.1) is 6.55 Å². The SMILES string of the molecule is [CH2-][Si](C)(C)C.[K+]. The summed E-state index contributed by atoms with van der Waals surface area (Å²) >= 11 is 0. The fourth-order valence-corrected chi connectivity index (χ4v) is 0. The fraction of sp³-hybridized carbons (Fsp3) is 0.750. The van der Waals surface area contributed by atoms with E-state index in [1.54, 1.807) is 0 Å². The predicted octanol–water partition coefficient (Wildman–Crippen LogP) is -1.30. The van der Waals surface area contributed by atoms with Gasteiger partial charge in [0.25, 0.3) is 0 Å². The molecule has 0 radical (unpaired) electrons. The van der Waals surface area contributed by atoms with Crippen LogP contribution in [0.4, 0.5) is 0 Å². The second-order valence-electron chi connectivity index (χ2n) is 2.56. The van der Waals surface area contributed by atoms with Crippen LogP contribution in [0.1, 0.15) is 0 Å². The Morgan fingerprint density at radius 2 is 1.17 bits per heavy atom. The summed E-state index contributed by atoms with van der Waals surface area (Å²) < 4.78 is 0. The summed E-state index contributed by atoms with van der Waals surface area (Å²) in [7, 11) is -0.861. The van der Waals surface area contributed by atoms with Crippen LogP contribution in [0.2, 0.25) is 19.6 Å². The summed E-state index contributed by atoms with van der Waals surface area (Å²) in [6.07, 6.45) is 0. The van der Waals surface area contributed by atoms with Crippen molar-refractivity contribution in [2.24, 2.45) is 0 Å². The monoisotopic (exact) mass is 126 g/mol. The van der Waals surface area contributed by atoms with Gasteiger partial charge in [-0.2, -0.15) is 0 Å². The van der Waals surface area contributed by atoms with Crippen LogP contribution in [0.5, 0.6) is 0 Å². The predicted molar refractivity (Wildman–Crippen MR) is 28.7 cm³/mol. The Kier molecular flexibility index (Phi) is 6.83. The molecule has 0 saturated carbocycles. The van der Waals surface area contributed by atoms with E-state index in [-0.39, 0.29) is 51.4 Å². The van der Waals surface area contributed by atoms with Crippen LogP contribution >= 0.6 is 0 Å². The van der Waals surface area contributed by atoms with Crippen LogP contribution in [-0.2, 0) is 0 Å². The number of rotatable bonds is 0. The molecule has 0 fully saturated rings. The van der Waals surface area contributed by atoms with Crippen molar-refractivity contribution in [2.75, 3.05) is 0 Å². The summed E-state index contributed by atoms with van der Waals surface area (Å²) in [5.41, 5.74) is 0. The second-order valence-corrected chi connectivity index (χ2v) is 7.68. The molecule has 0 nitrogen and oxygen atoms in total. The molecule has 0 saturated heterocycles. The molecule has 0 spiro atoms. The van der Waals surface area contributed by atoms with E-state index in [0.29, 0.717) is 0 Å². The smallest absolute Gasteiger partial charge is 0.342 e. The van der Waals surface area contributed by atoms with Crippen LogP contribution in [-0.4, -0.2) is 8.07 Å². The van der Waals surface area contributed by atoms with Gasteiger partial charge in [0.2, 0.25) is 0 Å². The molecule has 0 atom stereocenters. The van der Waals surface area contributed by atoms with Crippen molar-refractivity contribution < 1.29 is 51.4 Å². The first-order valence-electron chi connectivity index (χ1n) is 1.85. The molecule has 0 aliphatic rings. The molecule has 32 valence electrons. The third-order valence-electron chi connectivity index (χ3n) is 0. The van der Waals surface area contributed by atoms with Crippen molar-refractivity contribution in [3.05, 3.63) is 6.55 Å². The van der Waals surface area contributed by atoms with Crippen LogP contribution in [0.15, 0.2) is 0 Å². The van der Waals surface area contributed by atoms with E-state index >= 15 is 0 Å². The number of hydrogen-bond donors (Lipinski definition) is 0.